The molecule has 0 saturated carbocycles. The summed E-state index contributed by atoms with van der Waals surface area (Å²) in [5.74, 6) is 0.844. The number of benzene rings is 2. The average molecular weight is 458 g/mol. The third kappa shape index (κ3) is 5.43. The van der Waals surface area contributed by atoms with Crippen molar-refractivity contribution in [2.45, 2.75) is 66.7 Å². The second kappa shape index (κ2) is 10.2. The molecular formula is C27H39NO3S. The van der Waals surface area contributed by atoms with Crippen molar-refractivity contribution in [3.05, 3.63) is 58.7 Å². The van der Waals surface area contributed by atoms with Gasteiger partial charge in [0.05, 0.1) is 5.69 Å². The zero-order valence-electron chi connectivity index (χ0n) is 21.2. The SMILES string of the molecule is CCC(CC)(c1ccc(OCC(=O)C(C)(C)C)c(C)c1)c1ccc(N(C)S(C)=O)c(C)c1. The highest BCUT2D eigenvalue weighted by Gasteiger charge is 2.32. The maximum Gasteiger partial charge on any atom is 0.175 e. The van der Waals surface area contributed by atoms with Gasteiger partial charge in [-0.05, 0) is 61.1 Å². The van der Waals surface area contributed by atoms with Gasteiger partial charge in [-0.25, -0.2) is 4.21 Å². The predicted molar refractivity (Wildman–Crippen MR) is 136 cm³/mol. The van der Waals surface area contributed by atoms with E-state index in [1.807, 2.05) is 40.8 Å². The van der Waals surface area contributed by atoms with Crippen LogP contribution >= 0.6 is 0 Å². The molecular weight excluding hydrogens is 418 g/mol. The summed E-state index contributed by atoms with van der Waals surface area (Å²) >= 11 is 0. The minimum absolute atomic E-state index is 0.0867. The molecule has 2 aromatic rings. The number of hydrogen-bond donors (Lipinski definition) is 0. The maximum absolute atomic E-state index is 12.3. The van der Waals surface area contributed by atoms with Crippen LogP contribution in [0.5, 0.6) is 5.75 Å². The largest absolute Gasteiger partial charge is 0.486 e. The molecule has 0 amide bonds. The van der Waals surface area contributed by atoms with Gasteiger partial charge in [0.25, 0.3) is 0 Å². The normalized spacial score (nSPS) is 13.0. The van der Waals surface area contributed by atoms with Gasteiger partial charge in [0.2, 0.25) is 0 Å². The van der Waals surface area contributed by atoms with Crippen LogP contribution in [0.2, 0.25) is 0 Å². The smallest absolute Gasteiger partial charge is 0.175 e. The van der Waals surface area contributed by atoms with E-state index in [4.69, 9.17) is 4.74 Å². The summed E-state index contributed by atoms with van der Waals surface area (Å²) < 4.78 is 19.6. The molecule has 0 heterocycles. The summed E-state index contributed by atoms with van der Waals surface area (Å²) in [6, 6.07) is 12.8. The van der Waals surface area contributed by atoms with Crippen molar-refractivity contribution in [3.63, 3.8) is 0 Å². The summed E-state index contributed by atoms with van der Waals surface area (Å²) in [6.45, 7) is 14.4. The first-order chi connectivity index (χ1) is 14.9. The van der Waals surface area contributed by atoms with Gasteiger partial charge in [-0.3, -0.25) is 9.10 Å². The lowest BCUT2D eigenvalue weighted by Gasteiger charge is -2.34. The van der Waals surface area contributed by atoms with E-state index in [-0.39, 0.29) is 17.8 Å². The molecule has 0 aliphatic carbocycles. The van der Waals surface area contributed by atoms with E-state index >= 15 is 0 Å². The minimum atomic E-state index is -1.06. The van der Waals surface area contributed by atoms with Gasteiger partial charge in [0, 0.05) is 24.1 Å². The van der Waals surface area contributed by atoms with Crippen LogP contribution in [0.4, 0.5) is 5.69 Å². The second-order valence-corrected chi connectivity index (χ2v) is 11.0. The fourth-order valence-corrected chi connectivity index (χ4v) is 4.63. The Morgan fingerprint density at radius 2 is 1.50 bits per heavy atom. The Morgan fingerprint density at radius 1 is 0.969 bits per heavy atom. The zero-order valence-corrected chi connectivity index (χ0v) is 22.0. The molecule has 1 atom stereocenters. The van der Waals surface area contributed by atoms with Gasteiger partial charge in [-0.2, -0.15) is 0 Å². The number of nitrogens with zero attached hydrogens (tertiary/aromatic N) is 1. The number of Topliss-reactive ketones (excluding diaryl/α,β-unsaturated/α-hetero) is 1. The van der Waals surface area contributed by atoms with Gasteiger partial charge in [0.15, 0.2) is 5.78 Å². The van der Waals surface area contributed by atoms with Crippen molar-refractivity contribution in [1.29, 1.82) is 0 Å². The number of rotatable bonds is 9. The maximum atomic E-state index is 12.3. The predicted octanol–water partition coefficient (Wildman–Crippen LogP) is 6.13. The molecule has 32 heavy (non-hydrogen) atoms. The first-order valence-electron chi connectivity index (χ1n) is 11.3. The van der Waals surface area contributed by atoms with E-state index in [2.05, 4.69) is 51.1 Å². The van der Waals surface area contributed by atoms with Crippen LogP contribution in [0, 0.1) is 19.3 Å². The van der Waals surface area contributed by atoms with Crippen molar-refractivity contribution in [2.24, 2.45) is 5.41 Å². The Labute approximate surface area is 197 Å². The van der Waals surface area contributed by atoms with Crippen molar-refractivity contribution in [1.82, 2.24) is 0 Å². The average Bonchev–Trinajstić information content (AvgIpc) is 2.73. The Balaban J connectivity index is 2.41. The lowest BCUT2D eigenvalue weighted by Crippen LogP contribution is -2.27. The van der Waals surface area contributed by atoms with E-state index in [0.29, 0.717) is 0 Å². The lowest BCUT2D eigenvalue weighted by atomic mass is 9.70. The molecule has 0 aliphatic rings. The molecule has 0 saturated heterocycles. The fraction of sp³-hybridized carbons (Fsp3) is 0.519. The first kappa shape index (κ1) is 26.1. The molecule has 4 nitrogen and oxygen atoms in total. The van der Waals surface area contributed by atoms with Crippen molar-refractivity contribution >= 4 is 22.5 Å². The Kier molecular flexibility index (Phi) is 8.33. The van der Waals surface area contributed by atoms with Gasteiger partial charge < -0.3 is 4.74 Å². The van der Waals surface area contributed by atoms with Crippen LogP contribution < -0.4 is 9.04 Å². The fourth-order valence-electron chi connectivity index (χ4n) is 4.15. The Bertz CT molecular complexity index is 987. The standard InChI is InChI=1S/C27H39NO3S/c1-10-27(11-2,21-12-14-23(19(3)16-21)28(8)32(9)30)22-13-15-24(20(4)17-22)31-18-25(29)26(5,6)7/h12-17H,10-11,18H2,1-9H3. The van der Waals surface area contributed by atoms with E-state index < -0.39 is 16.4 Å². The Hall–Kier alpha value is -2.14. The van der Waals surface area contributed by atoms with Gasteiger partial charge in [-0.1, -0.05) is 58.9 Å². The van der Waals surface area contributed by atoms with Crippen LogP contribution in [0.25, 0.3) is 0 Å². The molecule has 176 valence electrons. The molecule has 5 heteroatoms. The van der Waals surface area contributed by atoms with Crippen LogP contribution in [-0.4, -0.2) is 29.9 Å². The zero-order chi connectivity index (χ0) is 24.3. The van der Waals surface area contributed by atoms with Gasteiger partial charge in [0.1, 0.15) is 23.3 Å². The number of anilines is 1. The number of hydrogen-bond acceptors (Lipinski definition) is 3. The Morgan fingerprint density at radius 3 is 1.94 bits per heavy atom. The second-order valence-electron chi connectivity index (χ2n) is 9.65. The summed E-state index contributed by atoms with van der Waals surface area (Å²) in [5.41, 5.74) is 5.10. The first-order valence-corrected chi connectivity index (χ1v) is 12.8. The highest BCUT2D eigenvalue weighted by Crippen LogP contribution is 2.41. The van der Waals surface area contributed by atoms with Crippen molar-refractivity contribution in [2.75, 3.05) is 24.2 Å². The molecule has 0 radical (unpaired) electrons. The summed E-state index contributed by atoms with van der Waals surface area (Å²) in [6.07, 6.45) is 3.61. The van der Waals surface area contributed by atoms with E-state index in [1.165, 1.54) is 11.1 Å². The minimum Gasteiger partial charge on any atom is -0.486 e. The number of carbonyl (C=O) groups excluding carboxylic acids is 1. The highest BCUT2D eigenvalue weighted by atomic mass is 32.2. The summed E-state index contributed by atoms with van der Waals surface area (Å²) in [4.78, 5) is 12.3. The lowest BCUT2D eigenvalue weighted by molar-refractivity contribution is -0.128. The summed E-state index contributed by atoms with van der Waals surface area (Å²) in [7, 11) is 0.798. The van der Waals surface area contributed by atoms with Crippen LogP contribution in [0.15, 0.2) is 36.4 Å². The third-order valence-corrected chi connectivity index (χ3v) is 7.57. The molecule has 0 fully saturated rings. The van der Waals surface area contributed by atoms with E-state index in [0.717, 1.165) is 35.4 Å². The number of ether oxygens (including phenoxy) is 1. The summed E-state index contributed by atoms with van der Waals surface area (Å²) in [5, 5.41) is 0. The number of ketones is 1. The highest BCUT2D eigenvalue weighted by molar-refractivity contribution is 7.85. The molecule has 2 aromatic carbocycles. The van der Waals surface area contributed by atoms with Crippen molar-refractivity contribution in [3.8, 4) is 5.75 Å². The van der Waals surface area contributed by atoms with Crippen molar-refractivity contribution < 1.29 is 13.7 Å². The molecule has 0 bridgehead atoms. The molecule has 2 rings (SSSR count). The van der Waals surface area contributed by atoms with E-state index in [1.54, 1.807) is 10.6 Å². The van der Waals surface area contributed by atoms with Gasteiger partial charge in [-0.15, -0.1) is 0 Å². The monoisotopic (exact) mass is 457 g/mol. The number of carbonyl (C=O) groups is 1. The quantitative estimate of drug-likeness (QED) is 0.455. The number of aryl methyl sites for hydroxylation is 2. The van der Waals surface area contributed by atoms with Crippen LogP contribution in [-0.2, 0) is 21.2 Å². The third-order valence-electron chi connectivity index (χ3n) is 6.60. The van der Waals surface area contributed by atoms with E-state index in [9.17, 15) is 9.00 Å². The topological polar surface area (TPSA) is 46.6 Å². The van der Waals surface area contributed by atoms with Crippen LogP contribution in [0.3, 0.4) is 0 Å². The molecule has 0 aliphatic heterocycles. The molecule has 0 N–H and O–H groups in total. The molecule has 0 aromatic heterocycles. The molecule has 0 spiro atoms. The van der Waals surface area contributed by atoms with Gasteiger partial charge >= 0.3 is 0 Å². The van der Waals surface area contributed by atoms with Crippen LogP contribution in [0.1, 0.15) is 69.7 Å². The molecule has 1 unspecified atom stereocenters.